The van der Waals surface area contributed by atoms with E-state index in [-0.39, 0.29) is 31.0 Å². The molecule has 0 aromatic carbocycles. The number of ketones is 1. The number of likely N-dealkylation sites (N-methyl/N-ethyl adjacent to an activating group) is 1. The second-order valence-corrected chi connectivity index (χ2v) is 7.69. The lowest BCUT2D eigenvalue weighted by Gasteiger charge is -2.18. The molecule has 2 aromatic rings. The fraction of sp³-hybridized carbons (Fsp3) is 0.364. The lowest BCUT2D eigenvalue weighted by atomic mass is 10.1. The molecular formula is C22H28N8O7. The van der Waals surface area contributed by atoms with E-state index in [0.29, 0.717) is 12.1 Å². The van der Waals surface area contributed by atoms with Crippen LogP contribution in [0.4, 0.5) is 11.5 Å². The summed E-state index contributed by atoms with van der Waals surface area (Å²) in [4.78, 5) is 74.3. The molecule has 2 rings (SSSR count). The summed E-state index contributed by atoms with van der Waals surface area (Å²) in [6.45, 7) is 7.00. The van der Waals surface area contributed by atoms with Gasteiger partial charge in [-0.3, -0.25) is 28.8 Å². The van der Waals surface area contributed by atoms with E-state index in [1.807, 2.05) is 0 Å². The normalized spacial score (nSPS) is 11.2. The van der Waals surface area contributed by atoms with Gasteiger partial charge in [0, 0.05) is 24.9 Å². The number of hydrogen-bond acceptors (Lipinski definition) is 10. The van der Waals surface area contributed by atoms with Crippen LogP contribution in [0.1, 0.15) is 43.6 Å². The first-order valence-electron chi connectivity index (χ1n) is 11.2. The van der Waals surface area contributed by atoms with E-state index in [1.54, 1.807) is 13.8 Å². The van der Waals surface area contributed by atoms with Gasteiger partial charge in [-0.1, -0.05) is 13.5 Å². The van der Waals surface area contributed by atoms with Crippen LogP contribution in [-0.4, -0.2) is 56.9 Å². The number of allylic oxidation sites excluding steroid dienone is 1. The van der Waals surface area contributed by atoms with Gasteiger partial charge in [0.05, 0.1) is 0 Å². The second-order valence-electron chi connectivity index (χ2n) is 7.69. The van der Waals surface area contributed by atoms with E-state index in [1.165, 1.54) is 18.3 Å². The number of pyridine rings is 1. The van der Waals surface area contributed by atoms with Gasteiger partial charge in [0.1, 0.15) is 18.3 Å². The smallest absolute Gasteiger partial charge is 0.287 e. The zero-order chi connectivity index (χ0) is 27.5. The Bertz CT molecular complexity index is 1250. The number of Topliss-reactive ketones (excluding diaryl/α,β-unsaturated/α-hetero) is 1. The summed E-state index contributed by atoms with van der Waals surface area (Å²) in [6.07, 6.45) is 1.19. The molecule has 4 amide bonds. The summed E-state index contributed by atoms with van der Waals surface area (Å²) in [7, 11) is 0. The van der Waals surface area contributed by atoms with E-state index >= 15 is 0 Å². The Balaban J connectivity index is 2.20. The minimum atomic E-state index is -1.38. The van der Waals surface area contributed by atoms with Crippen molar-refractivity contribution in [2.75, 3.05) is 17.6 Å². The van der Waals surface area contributed by atoms with Crippen molar-refractivity contribution in [3.8, 4) is 0 Å². The summed E-state index contributed by atoms with van der Waals surface area (Å²) in [5.74, 6) is -4.25. The number of carbonyl (C=O) groups is 5. The molecule has 0 radical (unpaired) electrons. The van der Waals surface area contributed by atoms with Gasteiger partial charge in [-0.25, -0.2) is 4.63 Å². The van der Waals surface area contributed by atoms with Crippen molar-refractivity contribution in [1.82, 2.24) is 30.8 Å². The maximum absolute atomic E-state index is 13.0. The highest BCUT2D eigenvalue weighted by atomic mass is 16.6. The Morgan fingerprint density at radius 1 is 1.19 bits per heavy atom. The van der Waals surface area contributed by atoms with Crippen molar-refractivity contribution < 1.29 is 28.6 Å². The molecule has 2 aromatic heterocycles. The quantitative estimate of drug-likeness (QED) is 0.206. The largest absolute Gasteiger partial charge is 0.379 e. The number of nitrogens with zero attached hydrogens (tertiary/aromatic N) is 3. The standard InChI is InChI=1S/C22H28N8O7/c1-4-12(3)25-16(32)11-30-10-6-7-14(22(30)36)27-19(33)13(8-9-15(31)20(34)24-5-2)26-21(35)17-18(23)29-37-28-17/h6-7,10,13H,3-5,8-9,11H2,1-2H3,(H2,23,29)(H,24,34)(H,25,32)(H,26,35)(H,27,33). The molecule has 0 saturated carbocycles. The summed E-state index contributed by atoms with van der Waals surface area (Å²) >= 11 is 0. The number of hydrogen-bond donors (Lipinski definition) is 5. The molecule has 198 valence electrons. The Morgan fingerprint density at radius 2 is 1.92 bits per heavy atom. The van der Waals surface area contributed by atoms with E-state index in [9.17, 15) is 28.8 Å². The predicted molar refractivity (Wildman–Crippen MR) is 130 cm³/mol. The molecule has 2 heterocycles. The van der Waals surface area contributed by atoms with Gasteiger partial charge < -0.3 is 31.6 Å². The maximum atomic E-state index is 13.0. The zero-order valence-electron chi connectivity index (χ0n) is 20.3. The minimum Gasteiger partial charge on any atom is -0.379 e. The summed E-state index contributed by atoms with van der Waals surface area (Å²) in [5, 5.41) is 16.3. The second kappa shape index (κ2) is 13.3. The molecule has 1 unspecified atom stereocenters. The first-order chi connectivity index (χ1) is 17.6. The number of nitrogens with two attached hydrogens (primary N) is 1. The number of rotatable bonds is 13. The van der Waals surface area contributed by atoms with Gasteiger partial charge in [0.2, 0.25) is 29.1 Å². The van der Waals surface area contributed by atoms with Crippen LogP contribution in [-0.2, 0) is 25.7 Å². The molecule has 0 bridgehead atoms. The predicted octanol–water partition coefficient (Wildman–Crippen LogP) is -0.924. The third-order valence-electron chi connectivity index (χ3n) is 4.94. The van der Waals surface area contributed by atoms with Crippen molar-refractivity contribution in [3.63, 3.8) is 0 Å². The van der Waals surface area contributed by atoms with E-state index in [4.69, 9.17) is 5.73 Å². The topological polar surface area (TPSA) is 220 Å². The Labute approximate surface area is 210 Å². The molecule has 0 spiro atoms. The van der Waals surface area contributed by atoms with Gasteiger partial charge >= 0.3 is 0 Å². The number of amides is 4. The molecular weight excluding hydrogens is 488 g/mol. The third-order valence-corrected chi connectivity index (χ3v) is 4.94. The molecule has 15 heteroatoms. The Morgan fingerprint density at radius 3 is 2.54 bits per heavy atom. The van der Waals surface area contributed by atoms with Gasteiger partial charge in [-0.2, -0.15) is 0 Å². The van der Waals surface area contributed by atoms with Crippen molar-refractivity contribution in [3.05, 3.63) is 46.7 Å². The number of nitrogen functional groups attached to an aromatic ring is 1. The summed E-state index contributed by atoms with van der Waals surface area (Å²) in [5.41, 5.74) is 4.71. The molecule has 0 saturated heterocycles. The zero-order valence-corrected chi connectivity index (χ0v) is 20.3. The summed E-state index contributed by atoms with van der Waals surface area (Å²) in [6, 6.07) is 1.36. The van der Waals surface area contributed by atoms with Crippen LogP contribution in [0.5, 0.6) is 0 Å². The monoisotopic (exact) mass is 516 g/mol. The molecule has 0 aliphatic rings. The number of anilines is 2. The van der Waals surface area contributed by atoms with E-state index in [2.05, 4.69) is 42.8 Å². The first kappa shape index (κ1) is 28.4. The molecule has 0 aliphatic carbocycles. The maximum Gasteiger partial charge on any atom is 0.287 e. The number of aromatic nitrogens is 3. The Kier molecular flexibility index (Phi) is 10.2. The highest BCUT2D eigenvalue weighted by molar-refractivity contribution is 6.36. The molecule has 6 N–H and O–H groups in total. The number of carbonyl (C=O) groups excluding carboxylic acids is 5. The van der Waals surface area contributed by atoms with Crippen LogP contribution in [0, 0.1) is 0 Å². The van der Waals surface area contributed by atoms with Gasteiger partial charge in [0.25, 0.3) is 17.4 Å². The summed E-state index contributed by atoms with van der Waals surface area (Å²) < 4.78 is 5.45. The molecule has 1 atom stereocenters. The lowest BCUT2D eigenvalue weighted by Crippen LogP contribution is -2.45. The lowest BCUT2D eigenvalue weighted by molar-refractivity contribution is -0.138. The van der Waals surface area contributed by atoms with Crippen LogP contribution >= 0.6 is 0 Å². The van der Waals surface area contributed by atoms with E-state index in [0.717, 1.165) is 4.57 Å². The SMILES string of the molecule is C=C(CC)NC(=O)Cn1cccc(NC(=O)C(CCC(=O)C(=O)NCC)NC(=O)c2nonc2N)c1=O. The molecule has 37 heavy (non-hydrogen) atoms. The fourth-order valence-electron chi connectivity index (χ4n) is 2.95. The molecule has 0 aliphatic heterocycles. The van der Waals surface area contributed by atoms with Gasteiger partial charge in [0.15, 0.2) is 0 Å². The highest BCUT2D eigenvalue weighted by Crippen LogP contribution is 2.09. The fourth-order valence-corrected chi connectivity index (χ4v) is 2.95. The van der Waals surface area contributed by atoms with Crippen LogP contribution in [0.2, 0.25) is 0 Å². The van der Waals surface area contributed by atoms with Crippen LogP contribution in [0.25, 0.3) is 0 Å². The number of nitrogens with one attached hydrogen (secondary N) is 4. The van der Waals surface area contributed by atoms with Gasteiger partial charge in [-0.05, 0) is 42.2 Å². The van der Waals surface area contributed by atoms with Crippen LogP contribution < -0.4 is 32.6 Å². The van der Waals surface area contributed by atoms with E-state index < -0.39 is 53.1 Å². The third kappa shape index (κ3) is 8.12. The van der Waals surface area contributed by atoms with Crippen LogP contribution in [0.3, 0.4) is 0 Å². The minimum absolute atomic E-state index is 0.188. The van der Waals surface area contributed by atoms with Gasteiger partial charge in [-0.15, -0.1) is 0 Å². The first-order valence-corrected chi connectivity index (χ1v) is 11.2. The average Bonchev–Trinajstić information content (AvgIpc) is 3.29. The highest BCUT2D eigenvalue weighted by Gasteiger charge is 2.27. The van der Waals surface area contributed by atoms with Crippen LogP contribution in [0.15, 0.2) is 40.0 Å². The van der Waals surface area contributed by atoms with Crippen molar-refractivity contribution >= 4 is 40.9 Å². The van der Waals surface area contributed by atoms with Crippen molar-refractivity contribution in [2.45, 2.75) is 45.7 Å². The molecule has 0 fully saturated rings. The van der Waals surface area contributed by atoms with Crippen molar-refractivity contribution in [1.29, 1.82) is 0 Å². The molecule has 15 nitrogen and oxygen atoms in total. The van der Waals surface area contributed by atoms with Crippen molar-refractivity contribution in [2.24, 2.45) is 0 Å². The average molecular weight is 517 g/mol. The Hall–Kier alpha value is -4.82.